The molecule has 0 aliphatic carbocycles. The fourth-order valence-electron chi connectivity index (χ4n) is 0.460. The third kappa shape index (κ3) is 1.06. The summed E-state index contributed by atoms with van der Waals surface area (Å²) in [5.74, 6) is 5.72. The van der Waals surface area contributed by atoms with Crippen LogP contribution < -0.4 is 17.0 Å². The molecule has 0 saturated carbocycles. The lowest BCUT2D eigenvalue weighted by molar-refractivity contribution is 1.17. The van der Waals surface area contributed by atoms with Crippen molar-refractivity contribution in [3.63, 3.8) is 0 Å². The highest BCUT2D eigenvalue weighted by atomic mass is 15.3. The number of nitrogen functional groups attached to an aromatic ring is 2. The van der Waals surface area contributed by atoms with Crippen LogP contribution in [0.15, 0.2) is 12.4 Å². The van der Waals surface area contributed by atoms with Gasteiger partial charge in [-0.25, -0.2) is 15.8 Å². The Morgan fingerprint density at radius 1 is 1.33 bits per heavy atom. The topological polar surface area (TPSA) is 89.8 Å². The second-order valence-electron chi connectivity index (χ2n) is 1.43. The number of hydrogen-bond donors (Lipinski definition) is 3. The summed E-state index contributed by atoms with van der Waals surface area (Å²) in [7, 11) is 0. The Morgan fingerprint density at radius 3 is 2.44 bits per heavy atom. The summed E-state index contributed by atoms with van der Waals surface area (Å²) >= 11 is 0. The van der Waals surface area contributed by atoms with Crippen molar-refractivity contribution in [2.24, 2.45) is 5.84 Å². The molecule has 0 atom stereocenters. The van der Waals surface area contributed by atoms with Crippen LogP contribution in [0, 0.1) is 0 Å². The fraction of sp³-hybridized carbons (Fsp3) is 0. The first-order valence-corrected chi connectivity index (χ1v) is 2.37. The molecule has 1 rings (SSSR count). The van der Waals surface area contributed by atoms with E-state index in [1.165, 1.54) is 12.4 Å². The van der Waals surface area contributed by atoms with E-state index in [0.29, 0.717) is 11.6 Å². The molecule has 0 aliphatic heterocycles. The van der Waals surface area contributed by atoms with E-state index in [-0.39, 0.29) is 0 Å². The third-order valence-corrected chi connectivity index (χ3v) is 0.863. The normalized spacial score (nSPS) is 9.00. The number of hydrazine groups is 1. The van der Waals surface area contributed by atoms with Crippen LogP contribution in [0.1, 0.15) is 0 Å². The van der Waals surface area contributed by atoms with E-state index in [9.17, 15) is 0 Å². The molecule has 0 saturated heterocycles. The summed E-state index contributed by atoms with van der Waals surface area (Å²) in [4.78, 5) is 7.50. The second-order valence-corrected chi connectivity index (χ2v) is 1.43. The molecule has 0 aromatic carbocycles. The predicted molar refractivity (Wildman–Crippen MR) is 34.3 cm³/mol. The minimum absolute atomic E-state index is 0.306. The van der Waals surface area contributed by atoms with Gasteiger partial charge in [-0.2, -0.15) is 0 Å². The lowest BCUT2D eigenvalue weighted by Crippen LogP contribution is -2.11. The maximum absolute atomic E-state index is 5.31. The third-order valence-electron chi connectivity index (χ3n) is 0.863. The molecular weight excluding hydrogens is 118 g/mol. The first kappa shape index (κ1) is 5.77. The average molecular weight is 125 g/mol. The van der Waals surface area contributed by atoms with Crippen molar-refractivity contribution < 1.29 is 0 Å². The van der Waals surface area contributed by atoms with Gasteiger partial charge in [-0.3, -0.25) is 0 Å². The number of nitrogens with one attached hydrogen (secondary N) is 1. The Kier molecular flexibility index (Phi) is 1.46. The number of rotatable bonds is 1. The van der Waals surface area contributed by atoms with E-state index < -0.39 is 0 Å². The van der Waals surface area contributed by atoms with Crippen molar-refractivity contribution in [3.05, 3.63) is 12.4 Å². The zero-order valence-electron chi connectivity index (χ0n) is 4.70. The van der Waals surface area contributed by atoms with Crippen LogP contribution in [0.2, 0.25) is 0 Å². The summed E-state index contributed by atoms with van der Waals surface area (Å²) in [6, 6.07) is 0. The smallest absolute Gasteiger partial charge is 0.183 e. The summed E-state index contributed by atoms with van der Waals surface area (Å²) in [6.07, 6.45) is 3.00. The summed E-state index contributed by atoms with van der Waals surface area (Å²) in [6.45, 7) is 0. The van der Waals surface area contributed by atoms with Gasteiger partial charge in [0.2, 0.25) is 0 Å². The molecule has 1 aromatic heterocycles. The van der Waals surface area contributed by atoms with Crippen molar-refractivity contribution in [1.82, 2.24) is 9.97 Å². The molecule has 0 spiro atoms. The van der Waals surface area contributed by atoms with Gasteiger partial charge < -0.3 is 11.2 Å². The molecule has 1 heterocycles. The van der Waals surface area contributed by atoms with Gasteiger partial charge in [0.15, 0.2) is 11.6 Å². The van der Waals surface area contributed by atoms with Crippen molar-refractivity contribution in [2.75, 3.05) is 11.2 Å². The quantitative estimate of drug-likeness (QED) is 0.342. The van der Waals surface area contributed by atoms with Crippen molar-refractivity contribution in [1.29, 1.82) is 0 Å². The maximum atomic E-state index is 5.31. The molecule has 5 N–H and O–H groups in total. The molecular formula is C4H7N5. The molecule has 1 aromatic rings. The Labute approximate surface area is 52.1 Å². The van der Waals surface area contributed by atoms with E-state index in [1.54, 1.807) is 0 Å². The van der Waals surface area contributed by atoms with Gasteiger partial charge in [-0.1, -0.05) is 0 Å². The Morgan fingerprint density at radius 2 is 2.00 bits per heavy atom. The molecule has 5 heteroatoms. The van der Waals surface area contributed by atoms with Gasteiger partial charge >= 0.3 is 0 Å². The zero-order chi connectivity index (χ0) is 6.69. The molecule has 0 unspecified atom stereocenters. The Bertz CT molecular complexity index is 198. The monoisotopic (exact) mass is 125 g/mol. The van der Waals surface area contributed by atoms with E-state index in [2.05, 4.69) is 15.4 Å². The minimum Gasteiger partial charge on any atom is -0.381 e. The zero-order valence-corrected chi connectivity index (χ0v) is 4.70. The van der Waals surface area contributed by atoms with Gasteiger partial charge in [0, 0.05) is 12.4 Å². The van der Waals surface area contributed by atoms with Crippen molar-refractivity contribution in [3.8, 4) is 0 Å². The Hall–Kier alpha value is -1.36. The van der Waals surface area contributed by atoms with Crippen LogP contribution in [-0.4, -0.2) is 9.97 Å². The van der Waals surface area contributed by atoms with Crippen LogP contribution in [-0.2, 0) is 0 Å². The first-order valence-electron chi connectivity index (χ1n) is 2.37. The lowest BCUT2D eigenvalue weighted by atomic mass is 10.6. The molecule has 5 nitrogen and oxygen atoms in total. The van der Waals surface area contributed by atoms with Gasteiger partial charge in [-0.15, -0.1) is 0 Å². The molecule has 0 radical (unpaired) electrons. The minimum atomic E-state index is 0.306. The van der Waals surface area contributed by atoms with E-state index >= 15 is 0 Å². The van der Waals surface area contributed by atoms with Gasteiger partial charge in [0.1, 0.15) is 0 Å². The van der Waals surface area contributed by atoms with Gasteiger partial charge in [-0.05, 0) is 0 Å². The fourth-order valence-corrected chi connectivity index (χ4v) is 0.460. The molecule has 48 valence electrons. The average Bonchev–Trinajstić information content (AvgIpc) is 1.89. The molecule has 0 bridgehead atoms. The van der Waals surface area contributed by atoms with Crippen LogP contribution in [0.5, 0.6) is 0 Å². The van der Waals surface area contributed by atoms with Crippen LogP contribution in [0.4, 0.5) is 11.6 Å². The number of hydrogen-bond acceptors (Lipinski definition) is 5. The number of aromatic nitrogens is 2. The molecule has 9 heavy (non-hydrogen) atoms. The molecule has 0 fully saturated rings. The SMILES string of the molecule is NNc1nccnc1N. The van der Waals surface area contributed by atoms with Crippen molar-refractivity contribution >= 4 is 11.6 Å². The first-order chi connectivity index (χ1) is 4.34. The summed E-state index contributed by atoms with van der Waals surface area (Å²) in [5.41, 5.74) is 7.61. The predicted octanol–water partition coefficient (Wildman–Crippen LogP) is -0.656. The number of anilines is 2. The highest BCUT2D eigenvalue weighted by Crippen LogP contribution is 2.05. The van der Waals surface area contributed by atoms with Crippen LogP contribution in [0.25, 0.3) is 0 Å². The highest BCUT2D eigenvalue weighted by Gasteiger charge is 1.93. The largest absolute Gasteiger partial charge is 0.381 e. The second kappa shape index (κ2) is 2.27. The van der Waals surface area contributed by atoms with E-state index in [4.69, 9.17) is 11.6 Å². The van der Waals surface area contributed by atoms with Crippen LogP contribution >= 0.6 is 0 Å². The standard InChI is InChI=1S/C4H7N5/c5-3-4(9-6)8-2-1-7-3/h1-2H,6H2,(H2,5,7)(H,8,9). The van der Waals surface area contributed by atoms with E-state index in [1.807, 2.05) is 0 Å². The highest BCUT2D eigenvalue weighted by molar-refractivity contribution is 5.53. The maximum Gasteiger partial charge on any atom is 0.183 e. The summed E-state index contributed by atoms with van der Waals surface area (Å²) < 4.78 is 0. The number of nitrogens with two attached hydrogens (primary N) is 2. The lowest BCUT2D eigenvalue weighted by Gasteiger charge is -1.98. The molecule has 0 amide bonds. The summed E-state index contributed by atoms with van der Waals surface area (Å²) in [5, 5.41) is 0. The van der Waals surface area contributed by atoms with E-state index in [0.717, 1.165) is 0 Å². The van der Waals surface area contributed by atoms with Crippen molar-refractivity contribution in [2.45, 2.75) is 0 Å². The van der Waals surface area contributed by atoms with Crippen LogP contribution in [0.3, 0.4) is 0 Å². The molecule has 0 aliphatic rings. The van der Waals surface area contributed by atoms with Gasteiger partial charge in [0.25, 0.3) is 0 Å². The van der Waals surface area contributed by atoms with Gasteiger partial charge in [0.05, 0.1) is 0 Å². The number of nitrogens with zero attached hydrogens (tertiary/aromatic N) is 2. The Balaban J connectivity index is 3.01.